The molecule has 0 unspecified atom stereocenters. The van der Waals surface area contributed by atoms with E-state index in [4.69, 9.17) is 0 Å². The van der Waals surface area contributed by atoms with Gasteiger partial charge >= 0.3 is 0 Å². The lowest BCUT2D eigenvalue weighted by molar-refractivity contribution is -0.121. The lowest BCUT2D eigenvalue weighted by Crippen LogP contribution is -2.18. The number of amides is 1. The van der Waals surface area contributed by atoms with E-state index in [1.54, 1.807) is 11.3 Å². The van der Waals surface area contributed by atoms with E-state index in [-0.39, 0.29) is 5.91 Å². The minimum Gasteiger partial charge on any atom is -0.273 e. The van der Waals surface area contributed by atoms with E-state index < -0.39 is 0 Å². The Bertz CT molecular complexity index is 317. The molecule has 0 spiro atoms. The van der Waals surface area contributed by atoms with Gasteiger partial charge in [0.25, 0.3) is 0 Å². The number of hydrazone groups is 1. The molecular weight excluding hydrogens is 196 g/mol. The molecule has 0 saturated heterocycles. The monoisotopic (exact) mass is 210 g/mol. The summed E-state index contributed by atoms with van der Waals surface area (Å²) >= 11 is 1.62. The third-order valence-electron chi connectivity index (χ3n) is 1.76. The van der Waals surface area contributed by atoms with E-state index in [2.05, 4.69) is 10.5 Å². The van der Waals surface area contributed by atoms with Crippen LogP contribution in [0.2, 0.25) is 0 Å². The molecule has 1 heterocycles. The maximum atomic E-state index is 11.1. The maximum Gasteiger partial charge on any atom is 0.240 e. The topological polar surface area (TPSA) is 41.5 Å². The Morgan fingerprint density at radius 1 is 1.64 bits per heavy atom. The number of carbonyl (C=O) groups is 1. The van der Waals surface area contributed by atoms with E-state index in [1.165, 1.54) is 0 Å². The van der Waals surface area contributed by atoms with Crippen LogP contribution in [0.1, 0.15) is 32.3 Å². The number of nitrogens with zero attached hydrogens (tertiary/aromatic N) is 1. The first-order chi connectivity index (χ1) is 6.74. The molecule has 0 aliphatic rings. The highest BCUT2D eigenvalue weighted by Gasteiger charge is 1.99. The second-order valence-corrected chi connectivity index (χ2v) is 3.77. The van der Waals surface area contributed by atoms with Crippen molar-refractivity contribution < 1.29 is 4.79 Å². The molecule has 0 aliphatic carbocycles. The predicted octanol–water partition coefficient (Wildman–Crippen LogP) is 2.39. The van der Waals surface area contributed by atoms with Gasteiger partial charge in [-0.25, -0.2) is 5.43 Å². The summed E-state index contributed by atoms with van der Waals surface area (Å²) in [6, 6.07) is 1.98. The van der Waals surface area contributed by atoms with Gasteiger partial charge in [-0.2, -0.15) is 16.4 Å². The zero-order valence-electron chi connectivity index (χ0n) is 8.41. The van der Waals surface area contributed by atoms with E-state index in [0.717, 1.165) is 17.7 Å². The summed E-state index contributed by atoms with van der Waals surface area (Å²) < 4.78 is 0. The van der Waals surface area contributed by atoms with Gasteiger partial charge in [0, 0.05) is 12.0 Å². The highest BCUT2D eigenvalue weighted by Crippen LogP contribution is 2.06. The Labute approximate surface area is 87.8 Å². The predicted molar refractivity (Wildman–Crippen MR) is 59.6 cm³/mol. The van der Waals surface area contributed by atoms with Crippen molar-refractivity contribution in [2.75, 3.05) is 0 Å². The van der Waals surface area contributed by atoms with Crippen LogP contribution in [-0.2, 0) is 4.79 Å². The van der Waals surface area contributed by atoms with Crippen LogP contribution in [0.4, 0.5) is 0 Å². The number of carbonyl (C=O) groups excluding carboxylic acids is 1. The van der Waals surface area contributed by atoms with Gasteiger partial charge in [0.15, 0.2) is 0 Å². The maximum absolute atomic E-state index is 11.1. The normalized spacial score (nSPS) is 11.4. The quantitative estimate of drug-likeness (QED) is 0.601. The largest absolute Gasteiger partial charge is 0.273 e. The average molecular weight is 210 g/mol. The van der Waals surface area contributed by atoms with Crippen molar-refractivity contribution in [1.82, 2.24) is 5.43 Å². The molecule has 0 bridgehead atoms. The molecule has 0 aliphatic heterocycles. The Morgan fingerprint density at radius 2 is 2.43 bits per heavy atom. The third kappa shape index (κ3) is 3.30. The molecule has 1 N–H and O–H groups in total. The Kier molecular flexibility index (Phi) is 4.32. The van der Waals surface area contributed by atoms with Gasteiger partial charge in [-0.15, -0.1) is 0 Å². The van der Waals surface area contributed by atoms with Crippen molar-refractivity contribution in [2.45, 2.75) is 26.7 Å². The molecule has 76 valence electrons. The summed E-state index contributed by atoms with van der Waals surface area (Å²) in [5.74, 6) is -0.0259. The Hall–Kier alpha value is -1.16. The summed E-state index contributed by atoms with van der Waals surface area (Å²) in [7, 11) is 0. The molecule has 0 atom stereocenters. The minimum absolute atomic E-state index is 0.0259. The summed E-state index contributed by atoms with van der Waals surface area (Å²) in [5.41, 5.74) is 4.43. The van der Waals surface area contributed by atoms with Crippen LogP contribution in [0.15, 0.2) is 21.9 Å². The van der Waals surface area contributed by atoms with Crippen molar-refractivity contribution in [3.8, 4) is 0 Å². The fourth-order valence-electron chi connectivity index (χ4n) is 0.964. The summed E-state index contributed by atoms with van der Waals surface area (Å²) in [5, 5.41) is 8.00. The zero-order valence-corrected chi connectivity index (χ0v) is 9.23. The fraction of sp³-hybridized carbons (Fsp3) is 0.400. The van der Waals surface area contributed by atoms with Gasteiger partial charge in [-0.3, -0.25) is 4.79 Å². The second kappa shape index (κ2) is 5.54. The highest BCUT2D eigenvalue weighted by molar-refractivity contribution is 7.08. The first-order valence-corrected chi connectivity index (χ1v) is 5.54. The lowest BCUT2D eigenvalue weighted by atomic mass is 10.2. The molecule has 1 rings (SSSR count). The molecule has 1 aromatic heterocycles. The highest BCUT2D eigenvalue weighted by atomic mass is 32.1. The number of rotatable bonds is 4. The van der Waals surface area contributed by atoms with Crippen LogP contribution in [-0.4, -0.2) is 11.6 Å². The van der Waals surface area contributed by atoms with Crippen molar-refractivity contribution in [2.24, 2.45) is 5.10 Å². The first kappa shape index (κ1) is 10.9. The number of hydrogen-bond acceptors (Lipinski definition) is 3. The van der Waals surface area contributed by atoms with Gasteiger partial charge in [-0.05, 0) is 30.2 Å². The van der Waals surface area contributed by atoms with E-state index in [0.29, 0.717) is 6.42 Å². The smallest absolute Gasteiger partial charge is 0.240 e. The van der Waals surface area contributed by atoms with Crippen molar-refractivity contribution in [3.05, 3.63) is 22.4 Å². The van der Waals surface area contributed by atoms with Crippen LogP contribution >= 0.6 is 11.3 Å². The summed E-state index contributed by atoms with van der Waals surface area (Å²) in [4.78, 5) is 11.1. The number of nitrogens with one attached hydrogen (secondary N) is 1. The molecule has 4 heteroatoms. The lowest BCUT2D eigenvalue weighted by Gasteiger charge is -1.99. The van der Waals surface area contributed by atoms with Gasteiger partial charge in [0.1, 0.15) is 0 Å². The average Bonchev–Trinajstić information content (AvgIpc) is 2.67. The number of thiophene rings is 1. The molecule has 0 saturated carbocycles. The molecule has 0 radical (unpaired) electrons. The molecule has 0 aromatic carbocycles. The Balaban J connectivity index is 2.49. The first-order valence-electron chi connectivity index (χ1n) is 4.59. The third-order valence-corrected chi connectivity index (χ3v) is 2.45. The van der Waals surface area contributed by atoms with Crippen molar-refractivity contribution in [3.63, 3.8) is 0 Å². The second-order valence-electron chi connectivity index (χ2n) is 2.99. The van der Waals surface area contributed by atoms with Gasteiger partial charge in [-0.1, -0.05) is 6.92 Å². The van der Waals surface area contributed by atoms with Crippen LogP contribution in [0.3, 0.4) is 0 Å². The van der Waals surface area contributed by atoms with E-state index in [1.807, 2.05) is 30.7 Å². The van der Waals surface area contributed by atoms with Crippen LogP contribution < -0.4 is 5.43 Å². The zero-order chi connectivity index (χ0) is 10.4. The fourth-order valence-corrected chi connectivity index (χ4v) is 1.66. The summed E-state index contributed by atoms with van der Waals surface area (Å²) in [6.45, 7) is 3.85. The van der Waals surface area contributed by atoms with E-state index in [9.17, 15) is 4.79 Å². The van der Waals surface area contributed by atoms with Crippen LogP contribution in [0.5, 0.6) is 0 Å². The molecule has 1 amide bonds. The Morgan fingerprint density at radius 3 is 3.00 bits per heavy atom. The van der Waals surface area contributed by atoms with Crippen molar-refractivity contribution >= 4 is 23.0 Å². The molecular formula is C10H14N2OS. The molecule has 0 fully saturated rings. The molecule has 3 nitrogen and oxygen atoms in total. The van der Waals surface area contributed by atoms with Gasteiger partial charge in [0.2, 0.25) is 5.91 Å². The van der Waals surface area contributed by atoms with Gasteiger partial charge in [0.05, 0.1) is 5.71 Å². The standard InChI is InChI=1S/C10H14N2OS/c1-3-4-10(13)12-11-8(2)9-5-6-14-7-9/h5-7H,3-4H2,1-2H3,(H,12,13). The molecule has 1 aromatic rings. The van der Waals surface area contributed by atoms with Crippen LogP contribution in [0.25, 0.3) is 0 Å². The van der Waals surface area contributed by atoms with Crippen LogP contribution in [0, 0.1) is 0 Å². The van der Waals surface area contributed by atoms with E-state index >= 15 is 0 Å². The van der Waals surface area contributed by atoms with Gasteiger partial charge < -0.3 is 0 Å². The SMILES string of the molecule is CCCC(=O)NN=C(C)c1ccsc1. The minimum atomic E-state index is -0.0259. The summed E-state index contributed by atoms with van der Waals surface area (Å²) in [6.07, 6.45) is 1.37. The number of hydrogen-bond donors (Lipinski definition) is 1. The van der Waals surface area contributed by atoms with Crippen molar-refractivity contribution in [1.29, 1.82) is 0 Å². The molecule has 14 heavy (non-hydrogen) atoms.